The van der Waals surface area contributed by atoms with Crippen LogP contribution in [0.15, 0.2) is 46.9 Å². The third kappa shape index (κ3) is 2.30. The first kappa shape index (κ1) is 16.1. The molecule has 2 aromatic rings. The van der Waals surface area contributed by atoms with Crippen LogP contribution < -0.4 is 4.90 Å². The lowest BCUT2D eigenvalue weighted by Crippen LogP contribution is -2.34. The minimum Gasteiger partial charge on any atom is -0.381 e. The molecule has 0 aliphatic carbocycles. The molecule has 2 amide bonds. The fourth-order valence-corrected chi connectivity index (χ4v) is 3.57. The molecule has 1 aromatic carbocycles. The Labute approximate surface area is 149 Å². The van der Waals surface area contributed by atoms with Gasteiger partial charge in [-0.3, -0.25) is 24.5 Å². The predicted molar refractivity (Wildman–Crippen MR) is 90.0 cm³/mol. The SMILES string of the molecule is O=C(C1=NO[C@H]2C(=O)N(c3cccc([N+](=O)[O-])c3)C(=O)[C@H]12)c1cccs1. The summed E-state index contributed by atoms with van der Waals surface area (Å²) in [5.74, 6) is -3.04. The lowest BCUT2D eigenvalue weighted by atomic mass is 9.96. The molecule has 1 aromatic heterocycles. The molecular weight excluding hydrogens is 362 g/mol. The first-order valence-corrected chi connectivity index (χ1v) is 8.31. The Morgan fingerprint density at radius 2 is 2.04 bits per heavy atom. The van der Waals surface area contributed by atoms with Gasteiger partial charge in [0.1, 0.15) is 11.6 Å². The second kappa shape index (κ2) is 5.85. The van der Waals surface area contributed by atoms with Gasteiger partial charge in [-0.1, -0.05) is 17.3 Å². The van der Waals surface area contributed by atoms with Crippen molar-refractivity contribution < 1.29 is 24.1 Å². The molecule has 130 valence electrons. The number of nitro groups is 1. The number of oxime groups is 1. The van der Waals surface area contributed by atoms with Crippen molar-refractivity contribution in [2.45, 2.75) is 6.10 Å². The summed E-state index contributed by atoms with van der Waals surface area (Å²) in [6, 6.07) is 8.41. The van der Waals surface area contributed by atoms with E-state index in [9.17, 15) is 24.5 Å². The number of nitrogens with zero attached hydrogens (tertiary/aromatic N) is 3. The molecule has 0 N–H and O–H groups in total. The molecule has 10 heteroatoms. The normalized spacial score (nSPS) is 21.4. The number of rotatable bonds is 4. The Balaban J connectivity index is 1.68. The lowest BCUT2D eigenvalue weighted by molar-refractivity contribution is -0.384. The topological polar surface area (TPSA) is 119 Å². The minimum absolute atomic E-state index is 0.0510. The number of nitro benzene ring substituents is 1. The highest BCUT2D eigenvalue weighted by Crippen LogP contribution is 2.35. The molecule has 2 atom stereocenters. The van der Waals surface area contributed by atoms with Crippen molar-refractivity contribution in [3.05, 3.63) is 56.8 Å². The van der Waals surface area contributed by atoms with Crippen LogP contribution in [-0.2, 0) is 14.4 Å². The van der Waals surface area contributed by atoms with E-state index < -0.39 is 34.5 Å². The van der Waals surface area contributed by atoms with Crippen molar-refractivity contribution in [3.8, 4) is 0 Å². The molecule has 1 saturated heterocycles. The molecule has 0 radical (unpaired) electrons. The summed E-state index contributed by atoms with van der Waals surface area (Å²) < 4.78 is 0. The fraction of sp³-hybridized carbons (Fsp3) is 0.125. The Morgan fingerprint density at radius 1 is 1.23 bits per heavy atom. The molecule has 9 nitrogen and oxygen atoms in total. The van der Waals surface area contributed by atoms with Crippen molar-refractivity contribution >= 4 is 46.0 Å². The van der Waals surface area contributed by atoms with Crippen LogP contribution in [0, 0.1) is 16.0 Å². The molecule has 0 unspecified atom stereocenters. The number of hydrogen-bond donors (Lipinski definition) is 0. The van der Waals surface area contributed by atoms with Crippen LogP contribution in [0.25, 0.3) is 0 Å². The van der Waals surface area contributed by atoms with Gasteiger partial charge in [-0.25, -0.2) is 4.90 Å². The van der Waals surface area contributed by atoms with E-state index >= 15 is 0 Å². The highest BCUT2D eigenvalue weighted by Gasteiger charge is 2.57. The van der Waals surface area contributed by atoms with Crippen molar-refractivity contribution in [1.82, 2.24) is 0 Å². The minimum atomic E-state index is -1.24. The maximum Gasteiger partial charge on any atom is 0.278 e. The second-order valence-electron chi connectivity index (χ2n) is 5.58. The largest absolute Gasteiger partial charge is 0.381 e. The van der Waals surface area contributed by atoms with Gasteiger partial charge < -0.3 is 4.84 Å². The van der Waals surface area contributed by atoms with Gasteiger partial charge in [0.05, 0.1) is 15.5 Å². The molecule has 2 aliphatic heterocycles. The summed E-state index contributed by atoms with van der Waals surface area (Å²) in [5.41, 5.74) is -0.344. The highest BCUT2D eigenvalue weighted by atomic mass is 32.1. The Bertz CT molecular complexity index is 984. The van der Waals surface area contributed by atoms with E-state index in [2.05, 4.69) is 5.16 Å². The molecule has 4 rings (SSSR count). The number of anilines is 1. The van der Waals surface area contributed by atoms with Gasteiger partial charge in [0.15, 0.2) is 0 Å². The van der Waals surface area contributed by atoms with E-state index in [4.69, 9.17) is 4.84 Å². The average molecular weight is 371 g/mol. The Kier molecular flexibility index (Phi) is 3.62. The van der Waals surface area contributed by atoms with E-state index in [-0.39, 0.29) is 17.1 Å². The van der Waals surface area contributed by atoms with Crippen LogP contribution in [0.1, 0.15) is 9.67 Å². The van der Waals surface area contributed by atoms with E-state index in [1.165, 1.54) is 29.5 Å². The molecule has 2 aliphatic rings. The van der Waals surface area contributed by atoms with Crippen LogP contribution in [-0.4, -0.2) is 34.3 Å². The average Bonchev–Trinajstić information content (AvgIpc) is 3.34. The summed E-state index contributed by atoms with van der Waals surface area (Å²) >= 11 is 1.19. The number of fused-ring (bicyclic) bond motifs is 1. The first-order chi connectivity index (χ1) is 12.5. The van der Waals surface area contributed by atoms with E-state index in [1.54, 1.807) is 17.5 Å². The van der Waals surface area contributed by atoms with Crippen LogP contribution in [0.2, 0.25) is 0 Å². The van der Waals surface area contributed by atoms with Gasteiger partial charge in [0.2, 0.25) is 17.8 Å². The number of carbonyl (C=O) groups is 3. The van der Waals surface area contributed by atoms with E-state index in [0.717, 1.165) is 11.0 Å². The number of carbonyl (C=O) groups excluding carboxylic acids is 3. The van der Waals surface area contributed by atoms with Crippen molar-refractivity contribution in [1.29, 1.82) is 0 Å². The summed E-state index contributed by atoms with van der Waals surface area (Å²) in [6.07, 6.45) is -1.24. The van der Waals surface area contributed by atoms with Crippen molar-refractivity contribution in [2.24, 2.45) is 11.1 Å². The molecule has 3 heterocycles. The summed E-state index contributed by atoms with van der Waals surface area (Å²) in [7, 11) is 0. The van der Waals surface area contributed by atoms with Gasteiger partial charge in [-0.2, -0.15) is 0 Å². The third-order valence-corrected chi connectivity index (χ3v) is 4.96. The molecule has 0 saturated carbocycles. The maximum absolute atomic E-state index is 12.8. The van der Waals surface area contributed by atoms with Crippen LogP contribution in [0.4, 0.5) is 11.4 Å². The van der Waals surface area contributed by atoms with Gasteiger partial charge >= 0.3 is 0 Å². The standard InChI is InChI=1S/C16H9N3O6S/c20-13(10-5-2-6-26-10)12-11-14(25-17-12)16(22)18(15(11)21)8-3-1-4-9(7-8)19(23)24/h1-7,11,14H/t11-,14-/m1/s1. The number of benzene rings is 1. The number of non-ortho nitro benzene ring substituents is 1. The molecule has 1 fully saturated rings. The fourth-order valence-electron chi connectivity index (χ4n) is 2.90. The zero-order chi connectivity index (χ0) is 18.4. The molecular formula is C16H9N3O6S. The van der Waals surface area contributed by atoms with Gasteiger partial charge in [0, 0.05) is 12.1 Å². The first-order valence-electron chi connectivity index (χ1n) is 7.43. The summed E-state index contributed by atoms with van der Waals surface area (Å²) in [5, 5.41) is 16.3. The number of thiophene rings is 1. The van der Waals surface area contributed by atoms with Crippen LogP contribution in [0.5, 0.6) is 0 Å². The number of imide groups is 1. The Hall–Kier alpha value is -3.40. The second-order valence-corrected chi connectivity index (χ2v) is 6.52. The number of ketones is 1. The quantitative estimate of drug-likeness (QED) is 0.350. The smallest absolute Gasteiger partial charge is 0.278 e. The van der Waals surface area contributed by atoms with E-state index in [1.807, 2.05) is 0 Å². The lowest BCUT2D eigenvalue weighted by Gasteiger charge is -2.14. The third-order valence-electron chi connectivity index (χ3n) is 4.09. The predicted octanol–water partition coefficient (Wildman–Crippen LogP) is 1.78. The van der Waals surface area contributed by atoms with E-state index in [0.29, 0.717) is 4.88 Å². The van der Waals surface area contributed by atoms with Gasteiger partial charge in [0.25, 0.3) is 11.6 Å². The number of hydrogen-bond acceptors (Lipinski definition) is 8. The maximum atomic E-state index is 12.8. The van der Waals surface area contributed by atoms with Crippen LogP contribution >= 0.6 is 11.3 Å². The summed E-state index contributed by atoms with van der Waals surface area (Å²) in [6.45, 7) is 0. The molecule has 0 spiro atoms. The van der Waals surface area contributed by atoms with Crippen molar-refractivity contribution in [2.75, 3.05) is 4.90 Å². The zero-order valence-corrected chi connectivity index (χ0v) is 13.7. The molecule has 26 heavy (non-hydrogen) atoms. The summed E-state index contributed by atoms with van der Waals surface area (Å²) in [4.78, 5) is 54.4. The highest BCUT2D eigenvalue weighted by molar-refractivity contribution is 7.13. The van der Waals surface area contributed by atoms with Gasteiger partial charge in [-0.05, 0) is 17.5 Å². The van der Waals surface area contributed by atoms with Crippen molar-refractivity contribution in [3.63, 3.8) is 0 Å². The molecule has 0 bridgehead atoms. The number of amides is 2. The monoisotopic (exact) mass is 371 g/mol. The zero-order valence-electron chi connectivity index (χ0n) is 12.9. The van der Waals surface area contributed by atoms with Crippen LogP contribution in [0.3, 0.4) is 0 Å². The van der Waals surface area contributed by atoms with Gasteiger partial charge in [-0.15, -0.1) is 11.3 Å². The number of Topliss-reactive ketones (excluding diaryl/α,β-unsaturated/α-hetero) is 1. The Morgan fingerprint density at radius 3 is 2.73 bits per heavy atom.